The third-order valence-corrected chi connectivity index (χ3v) is 4.98. The Hall–Kier alpha value is -1.36. The first kappa shape index (κ1) is 16.0. The molecule has 0 unspecified atom stereocenters. The van der Waals surface area contributed by atoms with E-state index < -0.39 is 10.1 Å². The molecular weight excluding hydrogens is 286 g/mol. The Morgan fingerprint density at radius 3 is 2.14 bits per heavy atom. The highest BCUT2D eigenvalue weighted by Crippen LogP contribution is 2.21. The van der Waals surface area contributed by atoms with E-state index in [0.717, 1.165) is 12.8 Å². The standard InChI is InChI=1S/C16H23NO3S/c18-21(19,16-12-8-5-9-13-16)20-17-14-15-10-6-3-1-2-4-7-11-15/h5,8-9,12-15H,1-4,6-7,10-11H2/b17-14+. The molecule has 0 bridgehead atoms. The van der Waals surface area contributed by atoms with Crippen LogP contribution in [0.25, 0.3) is 0 Å². The van der Waals surface area contributed by atoms with Gasteiger partial charge in [0.15, 0.2) is 0 Å². The molecule has 0 saturated heterocycles. The average molecular weight is 309 g/mol. The summed E-state index contributed by atoms with van der Waals surface area (Å²) in [6, 6.07) is 8.10. The molecule has 0 aromatic heterocycles. The van der Waals surface area contributed by atoms with Crippen LogP contribution in [-0.2, 0) is 14.4 Å². The Bertz CT molecular complexity index is 530. The van der Waals surface area contributed by atoms with E-state index in [2.05, 4.69) is 5.16 Å². The molecular formula is C16H23NO3S. The van der Waals surface area contributed by atoms with Gasteiger partial charge >= 0.3 is 10.1 Å². The summed E-state index contributed by atoms with van der Waals surface area (Å²) in [6.45, 7) is 0. The molecule has 1 aliphatic carbocycles. The lowest BCUT2D eigenvalue weighted by Gasteiger charge is -2.09. The van der Waals surface area contributed by atoms with Crippen LogP contribution >= 0.6 is 0 Å². The van der Waals surface area contributed by atoms with E-state index in [1.165, 1.54) is 50.7 Å². The van der Waals surface area contributed by atoms with Gasteiger partial charge in [-0.1, -0.05) is 61.9 Å². The van der Waals surface area contributed by atoms with Crippen LogP contribution in [0.5, 0.6) is 0 Å². The Morgan fingerprint density at radius 1 is 0.952 bits per heavy atom. The Kier molecular flexibility index (Phi) is 6.23. The topological polar surface area (TPSA) is 55.7 Å². The fraction of sp³-hybridized carbons (Fsp3) is 0.562. The van der Waals surface area contributed by atoms with Gasteiger partial charge in [0, 0.05) is 6.21 Å². The summed E-state index contributed by atoms with van der Waals surface area (Å²) in [5.41, 5.74) is 0. The van der Waals surface area contributed by atoms with E-state index in [1.807, 2.05) is 0 Å². The third-order valence-electron chi connectivity index (χ3n) is 3.84. The minimum absolute atomic E-state index is 0.136. The highest BCUT2D eigenvalue weighted by molar-refractivity contribution is 7.86. The summed E-state index contributed by atoms with van der Waals surface area (Å²) >= 11 is 0. The van der Waals surface area contributed by atoms with Crippen molar-refractivity contribution in [2.45, 2.75) is 56.3 Å². The highest BCUT2D eigenvalue weighted by atomic mass is 32.2. The zero-order valence-corrected chi connectivity index (χ0v) is 13.1. The minimum Gasteiger partial charge on any atom is -0.265 e. The quantitative estimate of drug-likeness (QED) is 0.620. The maximum Gasteiger partial charge on any atom is 0.358 e. The normalized spacial score (nSPS) is 18.9. The van der Waals surface area contributed by atoms with E-state index in [1.54, 1.807) is 24.4 Å². The number of oxime groups is 1. The Labute approximate surface area is 127 Å². The number of rotatable bonds is 4. The van der Waals surface area contributed by atoms with Crippen molar-refractivity contribution in [1.82, 2.24) is 0 Å². The molecule has 21 heavy (non-hydrogen) atoms. The first-order valence-electron chi connectivity index (χ1n) is 7.71. The van der Waals surface area contributed by atoms with Crippen molar-refractivity contribution in [3.05, 3.63) is 30.3 Å². The molecule has 0 amide bonds. The molecule has 0 aliphatic heterocycles. The van der Waals surface area contributed by atoms with E-state index in [0.29, 0.717) is 5.92 Å². The first-order chi connectivity index (χ1) is 10.2. The SMILES string of the molecule is O=S(=O)(O/N=C/C1CCCCCCCC1)c1ccccc1. The molecule has 1 fully saturated rings. The summed E-state index contributed by atoms with van der Waals surface area (Å²) in [5, 5.41) is 3.73. The summed E-state index contributed by atoms with van der Waals surface area (Å²) < 4.78 is 28.6. The van der Waals surface area contributed by atoms with Gasteiger partial charge < -0.3 is 0 Å². The number of hydrogen-bond donors (Lipinski definition) is 0. The summed E-state index contributed by atoms with van der Waals surface area (Å²) in [5.74, 6) is 0.328. The molecule has 0 spiro atoms. The Balaban J connectivity index is 1.91. The molecule has 5 heteroatoms. The third kappa shape index (κ3) is 5.50. The molecule has 0 radical (unpaired) electrons. The molecule has 0 heterocycles. The predicted molar refractivity (Wildman–Crippen MR) is 83.6 cm³/mol. The predicted octanol–water partition coefficient (Wildman–Crippen LogP) is 4.13. The maximum atomic E-state index is 11.9. The number of nitrogens with zero attached hydrogens (tertiary/aromatic N) is 1. The van der Waals surface area contributed by atoms with Crippen LogP contribution < -0.4 is 0 Å². The van der Waals surface area contributed by atoms with E-state index >= 15 is 0 Å². The van der Waals surface area contributed by atoms with E-state index in [-0.39, 0.29) is 4.90 Å². The van der Waals surface area contributed by atoms with Crippen LogP contribution in [0.15, 0.2) is 40.4 Å². The largest absolute Gasteiger partial charge is 0.358 e. The van der Waals surface area contributed by atoms with Crippen LogP contribution in [0.1, 0.15) is 51.4 Å². The molecule has 0 N–H and O–H groups in total. The lowest BCUT2D eigenvalue weighted by Crippen LogP contribution is -2.06. The van der Waals surface area contributed by atoms with Crippen molar-refractivity contribution in [3.8, 4) is 0 Å². The molecule has 1 aliphatic rings. The average Bonchev–Trinajstić information content (AvgIpc) is 2.62. The fourth-order valence-corrected chi connectivity index (χ4v) is 3.35. The van der Waals surface area contributed by atoms with Crippen LogP contribution in [-0.4, -0.2) is 14.6 Å². The molecule has 2 rings (SSSR count). The zero-order chi connectivity index (χ0) is 15.0. The van der Waals surface area contributed by atoms with Crippen molar-refractivity contribution in [1.29, 1.82) is 0 Å². The van der Waals surface area contributed by atoms with E-state index in [9.17, 15) is 8.42 Å². The molecule has 116 valence electrons. The van der Waals surface area contributed by atoms with Gasteiger partial charge in [-0.05, 0) is 30.9 Å². The first-order valence-corrected chi connectivity index (χ1v) is 9.11. The van der Waals surface area contributed by atoms with Gasteiger partial charge in [0.1, 0.15) is 4.90 Å². The maximum absolute atomic E-state index is 11.9. The van der Waals surface area contributed by atoms with Crippen molar-refractivity contribution < 1.29 is 12.7 Å². The van der Waals surface area contributed by atoms with Gasteiger partial charge in [0.05, 0.1) is 0 Å². The van der Waals surface area contributed by atoms with Gasteiger partial charge in [0.2, 0.25) is 0 Å². The monoisotopic (exact) mass is 309 g/mol. The molecule has 1 aromatic rings. The van der Waals surface area contributed by atoms with Crippen molar-refractivity contribution in [3.63, 3.8) is 0 Å². The van der Waals surface area contributed by atoms with E-state index in [4.69, 9.17) is 4.28 Å². The number of hydrogen-bond acceptors (Lipinski definition) is 4. The summed E-state index contributed by atoms with van der Waals surface area (Å²) in [7, 11) is -3.78. The van der Waals surface area contributed by atoms with Gasteiger partial charge in [-0.3, -0.25) is 4.28 Å². The van der Waals surface area contributed by atoms with Crippen molar-refractivity contribution >= 4 is 16.3 Å². The second kappa shape index (κ2) is 8.17. The lowest BCUT2D eigenvalue weighted by molar-refractivity contribution is 0.336. The molecule has 4 nitrogen and oxygen atoms in total. The summed E-state index contributed by atoms with van der Waals surface area (Å²) in [4.78, 5) is 0.136. The minimum atomic E-state index is -3.78. The summed E-state index contributed by atoms with van der Waals surface area (Å²) in [6.07, 6.45) is 11.3. The fourth-order valence-electron chi connectivity index (χ4n) is 2.61. The highest BCUT2D eigenvalue weighted by Gasteiger charge is 2.15. The van der Waals surface area contributed by atoms with Crippen LogP contribution in [0.3, 0.4) is 0 Å². The van der Waals surface area contributed by atoms with Crippen molar-refractivity contribution in [2.75, 3.05) is 0 Å². The molecule has 0 atom stereocenters. The van der Waals surface area contributed by atoms with Gasteiger partial charge in [-0.25, -0.2) is 0 Å². The lowest BCUT2D eigenvalue weighted by atomic mass is 9.98. The van der Waals surface area contributed by atoms with Crippen LogP contribution in [0, 0.1) is 5.92 Å². The van der Waals surface area contributed by atoms with Crippen molar-refractivity contribution in [2.24, 2.45) is 11.1 Å². The van der Waals surface area contributed by atoms with Crippen LogP contribution in [0.4, 0.5) is 0 Å². The number of benzene rings is 1. The smallest absolute Gasteiger partial charge is 0.265 e. The van der Waals surface area contributed by atoms with Gasteiger partial charge in [-0.15, -0.1) is 0 Å². The molecule has 1 aromatic carbocycles. The van der Waals surface area contributed by atoms with Gasteiger partial charge in [0.25, 0.3) is 0 Å². The molecule has 1 saturated carbocycles. The van der Waals surface area contributed by atoms with Crippen LogP contribution in [0.2, 0.25) is 0 Å². The second-order valence-electron chi connectivity index (χ2n) is 5.55. The second-order valence-corrected chi connectivity index (χ2v) is 7.08. The zero-order valence-electron chi connectivity index (χ0n) is 12.3. The Morgan fingerprint density at radius 2 is 1.52 bits per heavy atom. The van der Waals surface area contributed by atoms with Gasteiger partial charge in [-0.2, -0.15) is 8.42 Å².